The van der Waals surface area contributed by atoms with E-state index in [0.29, 0.717) is 17.9 Å². The number of benzene rings is 1. The Morgan fingerprint density at radius 2 is 2.05 bits per heavy atom. The van der Waals surface area contributed by atoms with Gasteiger partial charge in [0.25, 0.3) is 5.91 Å². The molecule has 0 heterocycles. The predicted octanol–water partition coefficient (Wildman–Crippen LogP) is 2.63. The van der Waals surface area contributed by atoms with Crippen molar-refractivity contribution in [1.29, 1.82) is 5.26 Å². The fourth-order valence-electron chi connectivity index (χ4n) is 1.60. The maximum atomic E-state index is 11.7. The van der Waals surface area contributed by atoms with Crippen LogP contribution in [0.2, 0.25) is 0 Å². The summed E-state index contributed by atoms with van der Waals surface area (Å²) in [5.74, 6) is 0.482. The van der Waals surface area contributed by atoms with E-state index in [-0.39, 0.29) is 5.91 Å². The lowest BCUT2D eigenvalue weighted by Gasteiger charge is -2.14. The Labute approximate surface area is 114 Å². The summed E-state index contributed by atoms with van der Waals surface area (Å²) in [7, 11) is 0. The number of amides is 1. The van der Waals surface area contributed by atoms with E-state index in [0.717, 1.165) is 19.3 Å². The average molecular weight is 260 g/mol. The summed E-state index contributed by atoms with van der Waals surface area (Å²) in [6.45, 7) is 4.53. The molecule has 19 heavy (non-hydrogen) atoms. The Morgan fingerprint density at radius 3 is 2.63 bits per heavy atom. The second kappa shape index (κ2) is 8.15. The van der Waals surface area contributed by atoms with Crippen molar-refractivity contribution in [3.8, 4) is 11.8 Å². The van der Waals surface area contributed by atoms with E-state index in [1.54, 1.807) is 31.2 Å². The molecule has 1 amide bonds. The minimum Gasteiger partial charge on any atom is -0.481 e. The summed E-state index contributed by atoms with van der Waals surface area (Å²) in [4.78, 5) is 11.7. The number of nitrogens with zero attached hydrogens (tertiary/aromatic N) is 1. The zero-order valence-corrected chi connectivity index (χ0v) is 11.5. The molecule has 1 rings (SSSR count). The summed E-state index contributed by atoms with van der Waals surface area (Å²) in [5.41, 5.74) is 0.573. The molecule has 0 saturated heterocycles. The minimum absolute atomic E-state index is 0.111. The quantitative estimate of drug-likeness (QED) is 0.766. The zero-order chi connectivity index (χ0) is 14.1. The zero-order valence-electron chi connectivity index (χ0n) is 11.5. The normalized spacial score (nSPS) is 11.4. The molecule has 0 aromatic heterocycles. The van der Waals surface area contributed by atoms with Crippen molar-refractivity contribution in [2.75, 3.05) is 6.54 Å². The van der Waals surface area contributed by atoms with Crippen molar-refractivity contribution < 1.29 is 9.53 Å². The summed E-state index contributed by atoms with van der Waals surface area (Å²) in [5, 5.41) is 11.5. The summed E-state index contributed by atoms with van der Waals surface area (Å²) in [6, 6.07) is 8.76. The minimum atomic E-state index is -0.533. The first-order valence-corrected chi connectivity index (χ1v) is 6.62. The molecule has 4 heteroatoms. The Morgan fingerprint density at radius 1 is 1.37 bits per heavy atom. The Balaban J connectivity index is 2.38. The van der Waals surface area contributed by atoms with Crippen molar-refractivity contribution in [1.82, 2.24) is 5.32 Å². The van der Waals surface area contributed by atoms with Crippen molar-refractivity contribution in [3.63, 3.8) is 0 Å². The Kier molecular flexibility index (Phi) is 6.45. The number of rotatable bonds is 7. The predicted molar refractivity (Wildman–Crippen MR) is 73.8 cm³/mol. The lowest BCUT2D eigenvalue weighted by Crippen LogP contribution is -2.36. The highest BCUT2D eigenvalue weighted by Crippen LogP contribution is 2.13. The lowest BCUT2D eigenvalue weighted by atomic mass is 10.2. The highest BCUT2D eigenvalue weighted by molar-refractivity contribution is 5.80. The number of carbonyl (C=O) groups is 1. The first kappa shape index (κ1) is 15.0. The second-order valence-corrected chi connectivity index (χ2v) is 4.39. The average Bonchev–Trinajstić information content (AvgIpc) is 2.44. The number of carbonyl (C=O) groups excluding carboxylic acids is 1. The van der Waals surface area contributed by atoms with Crippen LogP contribution in [0.3, 0.4) is 0 Å². The number of hydrogen-bond donors (Lipinski definition) is 1. The number of hydrogen-bond acceptors (Lipinski definition) is 3. The van der Waals surface area contributed by atoms with Crippen LogP contribution in [0, 0.1) is 11.3 Å². The van der Waals surface area contributed by atoms with Crippen molar-refractivity contribution >= 4 is 5.91 Å². The molecular weight excluding hydrogens is 240 g/mol. The third-order valence-electron chi connectivity index (χ3n) is 2.75. The molecule has 0 spiro atoms. The van der Waals surface area contributed by atoms with E-state index in [1.165, 1.54) is 0 Å². The van der Waals surface area contributed by atoms with Gasteiger partial charge in [-0.05, 0) is 37.6 Å². The SMILES string of the molecule is CCCCCNC(=O)C(C)Oc1ccc(C#N)cc1. The van der Waals surface area contributed by atoms with Crippen molar-refractivity contribution in [3.05, 3.63) is 29.8 Å². The van der Waals surface area contributed by atoms with Crippen molar-refractivity contribution in [2.45, 2.75) is 39.2 Å². The molecule has 0 radical (unpaired) electrons. The highest BCUT2D eigenvalue weighted by Gasteiger charge is 2.13. The summed E-state index contributed by atoms with van der Waals surface area (Å²) in [6.07, 6.45) is 2.71. The summed E-state index contributed by atoms with van der Waals surface area (Å²) >= 11 is 0. The van der Waals surface area contributed by atoms with Gasteiger partial charge in [-0.1, -0.05) is 19.8 Å². The maximum absolute atomic E-state index is 11.7. The Bertz CT molecular complexity index is 434. The number of unbranched alkanes of at least 4 members (excludes halogenated alkanes) is 2. The first-order valence-electron chi connectivity index (χ1n) is 6.62. The summed E-state index contributed by atoms with van der Waals surface area (Å²) < 4.78 is 5.51. The van der Waals surface area contributed by atoms with Gasteiger partial charge in [-0.2, -0.15) is 5.26 Å². The maximum Gasteiger partial charge on any atom is 0.260 e. The van der Waals surface area contributed by atoms with E-state index < -0.39 is 6.10 Å². The molecule has 1 N–H and O–H groups in total. The molecule has 0 saturated carbocycles. The molecule has 1 aromatic carbocycles. The molecule has 4 nitrogen and oxygen atoms in total. The number of nitriles is 1. The van der Waals surface area contributed by atoms with E-state index in [4.69, 9.17) is 10.00 Å². The highest BCUT2D eigenvalue weighted by atomic mass is 16.5. The van der Waals surface area contributed by atoms with Crippen molar-refractivity contribution in [2.24, 2.45) is 0 Å². The van der Waals surface area contributed by atoms with Crippen LogP contribution in [0.5, 0.6) is 5.75 Å². The molecule has 1 unspecified atom stereocenters. The van der Waals surface area contributed by atoms with Gasteiger partial charge in [-0.15, -0.1) is 0 Å². The smallest absolute Gasteiger partial charge is 0.260 e. The molecule has 0 fully saturated rings. The van der Waals surface area contributed by atoms with Gasteiger partial charge in [0.2, 0.25) is 0 Å². The Hall–Kier alpha value is -2.02. The lowest BCUT2D eigenvalue weighted by molar-refractivity contribution is -0.127. The monoisotopic (exact) mass is 260 g/mol. The molecule has 0 bridgehead atoms. The van der Waals surface area contributed by atoms with E-state index in [9.17, 15) is 4.79 Å². The van der Waals surface area contributed by atoms with Gasteiger partial charge in [-0.3, -0.25) is 4.79 Å². The van der Waals surface area contributed by atoms with Crippen LogP contribution < -0.4 is 10.1 Å². The number of nitrogens with one attached hydrogen (secondary N) is 1. The van der Waals surface area contributed by atoms with Gasteiger partial charge >= 0.3 is 0 Å². The largest absolute Gasteiger partial charge is 0.481 e. The molecule has 0 aliphatic heterocycles. The van der Waals surface area contributed by atoms with Crippen LogP contribution in [-0.2, 0) is 4.79 Å². The third-order valence-corrected chi connectivity index (χ3v) is 2.75. The molecule has 1 atom stereocenters. The van der Waals surface area contributed by atoms with E-state index in [2.05, 4.69) is 12.2 Å². The first-order chi connectivity index (χ1) is 9.17. The van der Waals surface area contributed by atoms with Crippen LogP contribution in [0.25, 0.3) is 0 Å². The molecule has 1 aromatic rings. The van der Waals surface area contributed by atoms with E-state index >= 15 is 0 Å². The molecule has 0 aliphatic carbocycles. The number of ether oxygens (including phenoxy) is 1. The third kappa shape index (κ3) is 5.43. The van der Waals surface area contributed by atoms with Gasteiger partial charge < -0.3 is 10.1 Å². The van der Waals surface area contributed by atoms with Gasteiger partial charge in [0, 0.05) is 6.54 Å². The standard InChI is InChI=1S/C15H20N2O2/c1-3-4-5-10-17-15(18)12(2)19-14-8-6-13(11-16)7-9-14/h6-9,12H,3-5,10H2,1-2H3,(H,17,18). The van der Waals surface area contributed by atoms with Gasteiger partial charge in [0.15, 0.2) is 6.10 Å². The topological polar surface area (TPSA) is 62.1 Å². The van der Waals surface area contributed by atoms with Crippen LogP contribution >= 0.6 is 0 Å². The fraction of sp³-hybridized carbons (Fsp3) is 0.467. The molecular formula is C15H20N2O2. The second-order valence-electron chi connectivity index (χ2n) is 4.39. The van der Waals surface area contributed by atoms with Crippen LogP contribution in [0.4, 0.5) is 0 Å². The van der Waals surface area contributed by atoms with E-state index in [1.807, 2.05) is 6.07 Å². The fourth-order valence-corrected chi connectivity index (χ4v) is 1.60. The van der Waals surface area contributed by atoms with Crippen LogP contribution in [0.1, 0.15) is 38.7 Å². The van der Waals surface area contributed by atoms with Gasteiger partial charge in [0.1, 0.15) is 5.75 Å². The molecule has 102 valence electrons. The van der Waals surface area contributed by atoms with Gasteiger partial charge in [0.05, 0.1) is 11.6 Å². The van der Waals surface area contributed by atoms with Crippen LogP contribution in [0.15, 0.2) is 24.3 Å². The van der Waals surface area contributed by atoms with Gasteiger partial charge in [-0.25, -0.2) is 0 Å². The molecule has 0 aliphatic rings. The van der Waals surface area contributed by atoms with Crippen LogP contribution in [-0.4, -0.2) is 18.6 Å².